The van der Waals surface area contributed by atoms with Crippen molar-refractivity contribution in [2.24, 2.45) is 17.8 Å². The number of ether oxygens (including phenoxy) is 1. The summed E-state index contributed by atoms with van der Waals surface area (Å²) in [6, 6.07) is 12.8. The first-order valence-corrected chi connectivity index (χ1v) is 14.8. The Labute approximate surface area is 218 Å². The summed E-state index contributed by atoms with van der Waals surface area (Å²) in [6.07, 6.45) is 17.2. The second kappa shape index (κ2) is 13.6. The van der Waals surface area contributed by atoms with Crippen molar-refractivity contribution in [1.82, 2.24) is 0 Å². The van der Waals surface area contributed by atoms with E-state index in [0.29, 0.717) is 24.5 Å². The second-order valence-corrected chi connectivity index (χ2v) is 11.4. The van der Waals surface area contributed by atoms with Crippen molar-refractivity contribution in [3.05, 3.63) is 64.7 Å². The van der Waals surface area contributed by atoms with Gasteiger partial charge in [0, 0.05) is 0 Å². The number of hydrogen-bond donors (Lipinski definition) is 0. The molecule has 2 saturated carbocycles. The van der Waals surface area contributed by atoms with Crippen LogP contribution in [0.2, 0.25) is 0 Å². The van der Waals surface area contributed by atoms with Gasteiger partial charge in [-0.05, 0) is 118 Å². The quantitative estimate of drug-likeness (QED) is 0.281. The lowest BCUT2D eigenvalue weighted by atomic mass is 9.68. The Balaban J connectivity index is 1.18. The summed E-state index contributed by atoms with van der Waals surface area (Å²) in [4.78, 5) is 0. The van der Waals surface area contributed by atoms with Gasteiger partial charge >= 0.3 is 0 Å². The maximum Gasteiger partial charge on any atom is 0.200 e. The van der Waals surface area contributed by atoms with Gasteiger partial charge in [-0.3, -0.25) is 0 Å². The van der Waals surface area contributed by atoms with Crippen LogP contribution in [0.1, 0.15) is 114 Å². The molecule has 0 aliphatic heterocycles. The normalized spacial score (nSPS) is 24.6. The fraction of sp³-hybridized carbons (Fsp3) is 0.636. The van der Waals surface area contributed by atoms with Gasteiger partial charge in [0.15, 0.2) is 11.6 Å². The van der Waals surface area contributed by atoms with E-state index in [0.717, 1.165) is 24.2 Å². The van der Waals surface area contributed by atoms with E-state index >= 15 is 0 Å². The topological polar surface area (TPSA) is 9.23 Å². The van der Waals surface area contributed by atoms with Crippen LogP contribution in [0.25, 0.3) is 0 Å². The Kier molecular flexibility index (Phi) is 10.2. The Morgan fingerprint density at radius 3 is 2.03 bits per heavy atom. The highest BCUT2D eigenvalue weighted by molar-refractivity contribution is 5.31. The molecule has 2 fully saturated rings. The zero-order valence-corrected chi connectivity index (χ0v) is 22.5. The summed E-state index contributed by atoms with van der Waals surface area (Å²) in [7, 11) is 0. The summed E-state index contributed by atoms with van der Waals surface area (Å²) in [5.41, 5.74) is 3.53. The summed E-state index contributed by atoms with van der Waals surface area (Å²) < 4.78 is 33.8. The lowest BCUT2D eigenvalue weighted by Gasteiger charge is -2.38. The smallest absolute Gasteiger partial charge is 0.200 e. The molecule has 0 aromatic heterocycles. The van der Waals surface area contributed by atoms with Crippen LogP contribution in [0, 0.1) is 29.4 Å². The molecule has 2 aliphatic carbocycles. The molecule has 0 bridgehead atoms. The van der Waals surface area contributed by atoms with Gasteiger partial charge in [0.1, 0.15) is 0 Å². The second-order valence-electron chi connectivity index (χ2n) is 11.4. The van der Waals surface area contributed by atoms with Crippen molar-refractivity contribution in [3.8, 4) is 5.75 Å². The number of hydrogen-bond acceptors (Lipinski definition) is 1. The molecule has 0 spiro atoms. The molecule has 1 nitrogen and oxygen atoms in total. The van der Waals surface area contributed by atoms with Crippen molar-refractivity contribution < 1.29 is 13.5 Å². The average Bonchev–Trinajstić information content (AvgIpc) is 2.92. The molecule has 4 rings (SSSR count). The number of rotatable bonds is 11. The van der Waals surface area contributed by atoms with E-state index in [2.05, 4.69) is 31.2 Å². The van der Waals surface area contributed by atoms with Crippen molar-refractivity contribution in [1.29, 1.82) is 0 Å². The number of benzene rings is 2. The third kappa shape index (κ3) is 7.11. The van der Waals surface area contributed by atoms with Crippen LogP contribution in [0.15, 0.2) is 36.4 Å². The molecule has 0 saturated heterocycles. The minimum Gasteiger partial charge on any atom is -0.491 e. The lowest BCUT2D eigenvalue weighted by Crippen LogP contribution is -2.25. The van der Waals surface area contributed by atoms with Crippen molar-refractivity contribution in [2.75, 3.05) is 6.61 Å². The van der Waals surface area contributed by atoms with Gasteiger partial charge in [-0.25, -0.2) is 4.39 Å². The Bertz CT molecular complexity index is 921. The Morgan fingerprint density at radius 2 is 1.39 bits per heavy atom. The fourth-order valence-electron chi connectivity index (χ4n) is 6.80. The SMILES string of the molecule is CCCCCc1ccc(C2CCC(C3CCC(CCc4ccc(OCC)c(F)c4F)CC3)CC2)cc1. The van der Waals surface area contributed by atoms with E-state index in [-0.39, 0.29) is 5.75 Å². The van der Waals surface area contributed by atoms with Crippen LogP contribution in [0.4, 0.5) is 8.78 Å². The molecule has 0 unspecified atom stereocenters. The van der Waals surface area contributed by atoms with E-state index in [1.54, 1.807) is 24.6 Å². The molecular weight excluding hydrogens is 450 g/mol. The first-order chi connectivity index (χ1) is 17.6. The van der Waals surface area contributed by atoms with Gasteiger partial charge in [0.25, 0.3) is 0 Å². The molecule has 0 radical (unpaired) electrons. The first-order valence-electron chi connectivity index (χ1n) is 14.8. The number of aryl methyl sites for hydroxylation is 2. The molecule has 0 amide bonds. The average molecular weight is 497 g/mol. The molecule has 2 aromatic carbocycles. The van der Waals surface area contributed by atoms with Gasteiger partial charge in [0.05, 0.1) is 6.61 Å². The highest BCUT2D eigenvalue weighted by Crippen LogP contribution is 2.44. The maximum atomic E-state index is 14.4. The molecule has 0 atom stereocenters. The van der Waals surface area contributed by atoms with Crippen LogP contribution in [-0.2, 0) is 12.8 Å². The molecule has 3 heteroatoms. The van der Waals surface area contributed by atoms with Crippen molar-refractivity contribution in [2.45, 2.75) is 110 Å². The van der Waals surface area contributed by atoms with Crippen LogP contribution in [0.5, 0.6) is 5.75 Å². The predicted octanol–water partition coefficient (Wildman–Crippen LogP) is 9.81. The molecule has 2 aromatic rings. The third-order valence-corrected chi connectivity index (χ3v) is 9.10. The van der Waals surface area contributed by atoms with Crippen molar-refractivity contribution in [3.63, 3.8) is 0 Å². The number of unbranched alkanes of at least 4 members (excludes halogenated alkanes) is 2. The van der Waals surface area contributed by atoms with Crippen LogP contribution >= 0.6 is 0 Å². The predicted molar refractivity (Wildman–Crippen MR) is 146 cm³/mol. The summed E-state index contributed by atoms with van der Waals surface area (Å²) in [6.45, 7) is 4.38. The summed E-state index contributed by atoms with van der Waals surface area (Å²) >= 11 is 0. The zero-order chi connectivity index (χ0) is 25.3. The molecule has 36 heavy (non-hydrogen) atoms. The van der Waals surface area contributed by atoms with Gasteiger partial charge < -0.3 is 4.74 Å². The minimum absolute atomic E-state index is 0.0217. The fourth-order valence-corrected chi connectivity index (χ4v) is 6.80. The van der Waals surface area contributed by atoms with E-state index in [1.165, 1.54) is 82.6 Å². The minimum atomic E-state index is -0.837. The third-order valence-electron chi connectivity index (χ3n) is 9.10. The lowest BCUT2D eigenvalue weighted by molar-refractivity contribution is 0.157. The Morgan fingerprint density at radius 1 is 0.722 bits per heavy atom. The van der Waals surface area contributed by atoms with E-state index < -0.39 is 11.6 Å². The largest absolute Gasteiger partial charge is 0.491 e. The van der Waals surface area contributed by atoms with Gasteiger partial charge in [-0.2, -0.15) is 4.39 Å². The highest BCUT2D eigenvalue weighted by Gasteiger charge is 2.31. The Hall–Kier alpha value is -1.90. The number of halogens is 2. The molecule has 198 valence electrons. The van der Waals surface area contributed by atoms with Crippen LogP contribution in [-0.4, -0.2) is 6.61 Å². The van der Waals surface area contributed by atoms with Crippen LogP contribution in [0.3, 0.4) is 0 Å². The maximum absolute atomic E-state index is 14.4. The zero-order valence-electron chi connectivity index (χ0n) is 22.5. The van der Waals surface area contributed by atoms with Crippen LogP contribution < -0.4 is 4.74 Å². The summed E-state index contributed by atoms with van der Waals surface area (Å²) in [5, 5.41) is 0. The van der Waals surface area contributed by atoms with E-state index in [4.69, 9.17) is 4.74 Å². The van der Waals surface area contributed by atoms with Crippen molar-refractivity contribution >= 4 is 0 Å². The highest BCUT2D eigenvalue weighted by atomic mass is 19.2. The molecular formula is C33H46F2O. The first kappa shape index (κ1) is 27.1. The van der Waals surface area contributed by atoms with E-state index in [1.807, 2.05) is 0 Å². The standard InChI is InChI=1S/C33H46F2O/c1-3-5-6-7-24-8-13-26(14-9-24)28-18-20-29(21-19-28)27-15-10-25(11-16-27)12-17-30-22-23-31(36-4-2)33(35)32(30)34/h8-9,13-14,22-23,25,27-29H,3-7,10-12,15-21H2,1-2H3. The van der Waals surface area contributed by atoms with Gasteiger partial charge in [-0.15, -0.1) is 0 Å². The molecule has 2 aliphatic rings. The molecule has 0 heterocycles. The van der Waals surface area contributed by atoms with Gasteiger partial charge in [-0.1, -0.05) is 62.9 Å². The van der Waals surface area contributed by atoms with E-state index in [9.17, 15) is 8.78 Å². The summed E-state index contributed by atoms with van der Waals surface area (Å²) in [5.74, 6) is 1.59. The monoisotopic (exact) mass is 496 g/mol. The molecule has 0 N–H and O–H groups in total. The van der Waals surface area contributed by atoms with Gasteiger partial charge in [0.2, 0.25) is 5.82 Å².